The van der Waals surface area contributed by atoms with Crippen molar-refractivity contribution in [2.45, 2.75) is 39.0 Å². The number of nitrogens with one attached hydrogen (secondary N) is 1. The van der Waals surface area contributed by atoms with Gasteiger partial charge in [-0.05, 0) is 31.0 Å². The molecule has 0 aliphatic carbocycles. The number of benzene rings is 1. The SMILES string of the molecule is CC/C=C(/C)C(=O)N1CSCC1C(=O)NCc1ccc(F)cc1C(F)(F)F. The van der Waals surface area contributed by atoms with Crippen molar-refractivity contribution >= 4 is 23.6 Å². The molecular formula is C18H20F4N2O2S. The molecular weight excluding hydrogens is 384 g/mol. The fourth-order valence-electron chi connectivity index (χ4n) is 2.75. The molecule has 1 aromatic carbocycles. The monoisotopic (exact) mass is 404 g/mol. The normalized spacial score (nSPS) is 17.9. The number of nitrogens with zero attached hydrogens (tertiary/aromatic N) is 1. The molecule has 0 aromatic heterocycles. The minimum absolute atomic E-state index is 0.233. The van der Waals surface area contributed by atoms with Crippen molar-refractivity contribution in [3.8, 4) is 0 Å². The van der Waals surface area contributed by atoms with Gasteiger partial charge in [0.15, 0.2) is 0 Å². The molecule has 0 radical (unpaired) electrons. The number of allylic oxidation sites excluding steroid dienone is 1. The van der Waals surface area contributed by atoms with E-state index in [2.05, 4.69) is 5.32 Å². The molecule has 1 aliphatic rings. The Morgan fingerprint density at radius 2 is 2.07 bits per heavy atom. The van der Waals surface area contributed by atoms with Gasteiger partial charge in [0.25, 0.3) is 5.91 Å². The average Bonchev–Trinajstić information content (AvgIpc) is 3.08. The van der Waals surface area contributed by atoms with Crippen LogP contribution < -0.4 is 5.32 Å². The fourth-order valence-corrected chi connectivity index (χ4v) is 3.90. The minimum Gasteiger partial charge on any atom is -0.350 e. The third kappa shape index (κ3) is 5.24. The summed E-state index contributed by atoms with van der Waals surface area (Å²) in [6.07, 6.45) is -2.29. The number of carbonyl (C=O) groups excluding carboxylic acids is 2. The van der Waals surface area contributed by atoms with Gasteiger partial charge in [-0.3, -0.25) is 9.59 Å². The van der Waals surface area contributed by atoms with Crippen LogP contribution in [0.25, 0.3) is 0 Å². The molecule has 9 heteroatoms. The lowest BCUT2D eigenvalue weighted by Crippen LogP contribution is -2.47. The average molecular weight is 404 g/mol. The molecule has 1 fully saturated rings. The highest BCUT2D eigenvalue weighted by Crippen LogP contribution is 2.32. The molecule has 1 saturated heterocycles. The molecule has 1 heterocycles. The zero-order chi connectivity index (χ0) is 20.2. The largest absolute Gasteiger partial charge is 0.416 e. The highest BCUT2D eigenvalue weighted by molar-refractivity contribution is 7.99. The van der Waals surface area contributed by atoms with Gasteiger partial charge in [0.05, 0.1) is 11.4 Å². The fraction of sp³-hybridized carbons (Fsp3) is 0.444. The molecule has 0 spiro atoms. The van der Waals surface area contributed by atoms with E-state index in [1.54, 1.807) is 13.0 Å². The maximum Gasteiger partial charge on any atom is 0.416 e. The van der Waals surface area contributed by atoms with Crippen molar-refractivity contribution in [2.24, 2.45) is 0 Å². The maximum absolute atomic E-state index is 13.2. The molecule has 1 aliphatic heterocycles. The summed E-state index contributed by atoms with van der Waals surface area (Å²) < 4.78 is 52.3. The van der Waals surface area contributed by atoms with Crippen molar-refractivity contribution in [3.63, 3.8) is 0 Å². The third-order valence-electron chi connectivity index (χ3n) is 4.12. The molecule has 2 amide bonds. The Kier molecular flexibility index (Phi) is 6.91. The summed E-state index contributed by atoms with van der Waals surface area (Å²) in [4.78, 5) is 26.3. The predicted molar refractivity (Wildman–Crippen MR) is 95.3 cm³/mol. The Morgan fingerprint density at radius 1 is 1.37 bits per heavy atom. The molecule has 1 aromatic rings. The van der Waals surface area contributed by atoms with Crippen LogP contribution in [0.4, 0.5) is 17.6 Å². The van der Waals surface area contributed by atoms with Gasteiger partial charge in [0, 0.05) is 17.9 Å². The number of alkyl halides is 3. The van der Waals surface area contributed by atoms with Crippen LogP contribution in [0.1, 0.15) is 31.4 Å². The van der Waals surface area contributed by atoms with E-state index in [-0.39, 0.29) is 11.5 Å². The quantitative estimate of drug-likeness (QED) is 0.601. The Balaban J connectivity index is 2.10. The third-order valence-corrected chi connectivity index (χ3v) is 5.14. The standard InChI is InChI=1S/C18H20F4N2O2S/c1-3-4-11(2)17(26)24-10-27-9-15(24)16(25)23-8-12-5-6-13(19)7-14(12)18(20,21)22/h4-7,15H,3,8-10H2,1-2H3,(H,23,25)/b11-4-. The summed E-state index contributed by atoms with van der Waals surface area (Å²) in [6.45, 7) is 3.15. The van der Waals surface area contributed by atoms with E-state index in [9.17, 15) is 27.2 Å². The first kappa shape index (κ1) is 21.3. The Labute approximate surface area is 159 Å². The molecule has 1 unspecified atom stereocenters. The van der Waals surface area contributed by atoms with E-state index in [0.29, 0.717) is 29.7 Å². The van der Waals surface area contributed by atoms with Crippen LogP contribution in [0.2, 0.25) is 0 Å². The van der Waals surface area contributed by atoms with Crippen LogP contribution in [0.15, 0.2) is 29.8 Å². The number of carbonyl (C=O) groups is 2. The van der Waals surface area contributed by atoms with Gasteiger partial charge >= 0.3 is 6.18 Å². The summed E-state index contributed by atoms with van der Waals surface area (Å²) >= 11 is 1.40. The first-order valence-electron chi connectivity index (χ1n) is 8.34. The van der Waals surface area contributed by atoms with Gasteiger partial charge in [0.1, 0.15) is 11.9 Å². The van der Waals surface area contributed by atoms with Crippen LogP contribution in [-0.2, 0) is 22.3 Å². The predicted octanol–water partition coefficient (Wildman–Crippen LogP) is 3.72. The second kappa shape index (κ2) is 8.77. The zero-order valence-electron chi connectivity index (χ0n) is 14.9. The molecule has 0 bridgehead atoms. The molecule has 0 saturated carbocycles. The van der Waals surface area contributed by atoms with E-state index < -0.39 is 36.1 Å². The maximum atomic E-state index is 13.2. The van der Waals surface area contributed by atoms with Gasteiger partial charge in [-0.1, -0.05) is 19.1 Å². The molecule has 2 rings (SSSR count). The Hall–Kier alpha value is -2.03. The zero-order valence-corrected chi connectivity index (χ0v) is 15.7. The van der Waals surface area contributed by atoms with Crippen LogP contribution >= 0.6 is 11.8 Å². The molecule has 1 N–H and O–H groups in total. The topological polar surface area (TPSA) is 49.4 Å². The molecule has 148 valence electrons. The van der Waals surface area contributed by atoms with Crippen LogP contribution in [0.3, 0.4) is 0 Å². The summed E-state index contributed by atoms with van der Waals surface area (Å²) in [6, 6.07) is 1.56. The summed E-state index contributed by atoms with van der Waals surface area (Å²) in [7, 11) is 0. The summed E-state index contributed by atoms with van der Waals surface area (Å²) in [5.41, 5.74) is -0.836. The highest BCUT2D eigenvalue weighted by atomic mass is 32.2. The minimum atomic E-state index is -4.73. The van der Waals surface area contributed by atoms with E-state index >= 15 is 0 Å². The molecule has 1 atom stereocenters. The van der Waals surface area contributed by atoms with Gasteiger partial charge in [-0.2, -0.15) is 13.2 Å². The van der Waals surface area contributed by atoms with E-state index in [1.807, 2.05) is 6.92 Å². The number of halogens is 4. The van der Waals surface area contributed by atoms with Crippen molar-refractivity contribution < 1.29 is 27.2 Å². The number of amides is 2. The molecule has 27 heavy (non-hydrogen) atoms. The lowest BCUT2D eigenvalue weighted by Gasteiger charge is -2.23. The number of rotatable bonds is 5. The lowest BCUT2D eigenvalue weighted by molar-refractivity contribution is -0.139. The first-order valence-corrected chi connectivity index (χ1v) is 9.49. The second-order valence-corrected chi connectivity index (χ2v) is 7.10. The van der Waals surface area contributed by atoms with Crippen LogP contribution in [-0.4, -0.2) is 34.4 Å². The van der Waals surface area contributed by atoms with Gasteiger partial charge in [-0.15, -0.1) is 11.8 Å². The van der Waals surface area contributed by atoms with Crippen molar-refractivity contribution in [1.29, 1.82) is 0 Å². The Morgan fingerprint density at radius 3 is 2.70 bits per heavy atom. The van der Waals surface area contributed by atoms with Crippen molar-refractivity contribution in [2.75, 3.05) is 11.6 Å². The first-order chi connectivity index (χ1) is 12.6. The van der Waals surface area contributed by atoms with Gasteiger partial charge in [0.2, 0.25) is 5.91 Å². The van der Waals surface area contributed by atoms with Crippen LogP contribution in [0, 0.1) is 5.82 Å². The van der Waals surface area contributed by atoms with Gasteiger partial charge in [-0.25, -0.2) is 4.39 Å². The highest BCUT2D eigenvalue weighted by Gasteiger charge is 2.36. The van der Waals surface area contributed by atoms with E-state index in [0.717, 1.165) is 12.1 Å². The van der Waals surface area contributed by atoms with Crippen molar-refractivity contribution in [3.05, 3.63) is 46.8 Å². The van der Waals surface area contributed by atoms with Gasteiger partial charge < -0.3 is 10.2 Å². The summed E-state index contributed by atoms with van der Waals surface area (Å²) in [5, 5.41) is 2.44. The second-order valence-electron chi connectivity index (χ2n) is 6.10. The Bertz CT molecular complexity index is 749. The number of hydrogen-bond acceptors (Lipinski definition) is 3. The number of thioether (sulfide) groups is 1. The number of hydrogen-bond donors (Lipinski definition) is 1. The smallest absolute Gasteiger partial charge is 0.350 e. The van der Waals surface area contributed by atoms with E-state index in [4.69, 9.17) is 0 Å². The van der Waals surface area contributed by atoms with E-state index in [1.165, 1.54) is 16.7 Å². The lowest BCUT2D eigenvalue weighted by atomic mass is 10.1. The van der Waals surface area contributed by atoms with Crippen LogP contribution in [0.5, 0.6) is 0 Å². The van der Waals surface area contributed by atoms with Crippen molar-refractivity contribution in [1.82, 2.24) is 10.2 Å². The molecule has 4 nitrogen and oxygen atoms in total. The summed E-state index contributed by atoms with van der Waals surface area (Å²) in [5.74, 6) is -1.09.